The molecule has 110 valence electrons. The number of nitrogens with two attached hydrogens (primary N) is 1. The van der Waals surface area contributed by atoms with Gasteiger partial charge in [-0.25, -0.2) is 4.39 Å². The predicted octanol–water partition coefficient (Wildman–Crippen LogP) is 1.96. The molecule has 0 aliphatic heterocycles. The van der Waals surface area contributed by atoms with Crippen molar-refractivity contribution in [2.45, 2.75) is 13.0 Å². The number of aromatic hydroxyl groups is 1. The topological polar surface area (TPSA) is 75.3 Å². The lowest BCUT2D eigenvalue weighted by Crippen LogP contribution is -2.22. The molecule has 1 amide bonds. The van der Waals surface area contributed by atoms with E-state index in [1.54, 1.807) is 0 Å². The zero-order valence-electron chi connectivity index (χ0n) is 11.5. The van der Waals surface area contributed by atoms with Crippen LogP contribution in [0.5, 0.6) is 5.75 Å². The highest BCUT2D eigenvalue weighted by molar-refractivity contribution is 5.96. The van der Waals surface area contributed by atoms with Gasteiger partial charge in [0.05, 0.1) is 5.56 Å². The standard InChI is InChI=1S/C16H17FN2O2/c17-13-5-6-14(15(20)9-13)16(21)19-10-12-3-1-11(2-4-12)7-8-18/h1-6,9,20H,7-8,10,18H2,(H,19,21). The minimum atomic E-state index is -0.584. The SMILES string of the molecule is NCCc1ccc(CNC(=O)c2ccc(F)cc2O)cc1. The quantitative estimate of drug-likeness (QED) is 0.787. The highest BCUT2D eigenvalue weighted by Gasteiger charge is 2.11. The highest BCUT2D eigenvalue weighted by Crippen LogP contribution is 2.18. The number of nitrogens with one attached hydrogen (secondary N) is 1. The summed E-state index contributed by atoms with van der Waals surface area (Å²) >= 11 is 0. The molecule has 0 saturated carbocycles. The zero-order valence-corrected chi connectivity index (χ0v) is 11.5. The number of hydrogen-bond donors (Lipinski definition) is 3. The zero-order chi connectivity index (χ0) is 15.2. The van der Waals surface area contributed by atoms with Crippen molar-refractivity contribution in [1.29, 1.82) is 0 Å². The van der Waals surface area contributed by atoms with Gasteiger partial charge in [-0.1, -0.05) is 24.3 Å². The number of carbonyl (C=O) groups excluding carboxylic acids is 1. The van der Waals surface area contributed by atoms with Crippen molar-refractivity contribution in [2.24, 2.45) is 5.73 Å². The van der Waals surface area contributed by atoms with E-state index in [9.17, 15) is 14.3 Å². The molecule has 5 heteroatoms. The summed E-state index contributed by atoms with van der Waals surface area (Å²) < 4.78 is 12.9. The van der Waals surface area contributed by atoms with Crippen LogP contribution in [0.1, 0.15) is 21.5 Å². The first-order valence-corrected chi connectivity index (χ1v) is 6.65. The molecule has 0 fully saturated rings. The number of carbonyl (C=O) groups is 1. The van der Waals surface area contributed by atoms with Gasteiger partial charge in [0.15, 0.2) is 0 Å². The van der Waals surface area contributed by atoms with Crippen LogP contribution >= 0.6 is 0 Å². The number of amides is 1. The monoisotopic (exact) mass is 288 g/mol. The summed E-state index contributed by atoms with van der Waals surface area (Å²) in [6.45, 7) is 0.929. The number of phenols is 1. The van der Waals surface area contributed by atoms with Gasteiger partial charge in [0.25, 0.3) is 5.91 Å². The van der Waals surface area contributed by atoms with Crippen LogP contribution in [-0.2, 0) is 13.0 Å². The Morgan fingerprint density at radius 2 is 1.81 bits per heavy atom. The summed E-state index contributed by atoms with van der Waals surface area (Å²) in [5.41, 5.74) is 7.61. The molecule has 0 bridgehead atoms. The van der Waals surface area contributed by atoms with E-state index < -0.39 is 11.7 Å². The second kappa shape index (κ2) is 6.85. The third-order valence-electron chi connectivity index (χ3n) is 3.11. The van der Waals surface area contributed by atoms with E-state index in [0.717, 1.165) is 29.7 Å². The summed E-state index contributed by atoms with van der Waals surface area (Å²) in [6, 6.07) is 11.1. The van der Waals surface area contributed by atoms with Crippen molar-refractivity contribution in [1.82, 2.24) is 5.32 Å². The average molecular weight is 288 g/mol. The fourth-order valence-corrected chi connectivity index (χ4v) is 1.96. The largest absolute Gasteiger partial charge is 0.507 e. The van der Waals surface area contributed by atoms with Gasteiger partial charge in [-0.2, -0.15) is 0 Å². The Morgan fingerprint density at radius 3 is 2.43 bits per heavy atom. The number of phenolic OH excluding ortho intramolecular Hbond substituents is 1. The van der Waals surface area contributed by atoms with Gasteiger partial charge < -0.3 is 16.2 Å². The van der Waals surface area contributed by atoms with Crippen LogP contribution in [0.25, 0.3) is 0 Å². The minimum Gasteiger partial charge on any atom is -0.507 e. The molecule has 0 aromatic heterocycles. The molecule has 0 saturated heterocycles. The Kier molecular flexibility index (Phi) is 4.90. The maximum absolute atomic E-state index is 12.9. The Morgan fingerprint density at radius 1 is 1.14 bits per heavy atom. The van der Waals surface area contributed by atoms with E-state index in [1.165, 1.54) is 6.07 Å². The molecule has 0 spiro atoms. The van der Waals surface area contributed by atoms with Crippen molar-refractivity contribution in [3.63, 3.8) is 0 Å². The summed E-state index contributed by atoms with van der Waals surface area (Å²) in [6.07, 6.45) is 0.816. The Bertz CT molecular complexity index is 627. The van der Waals surface area contributed by atoms with Crippen molar-refractivity contribution in [3.05, 3.63) is 65.0 Å². The van der Waals surface area contributed by atoms with Gasteiger partial charge in [-0.3, -0.25) is 4.79 Å². The fraction of sp³-hybridized carbons (Fsp3) is 0.188. The molecule has 4 N–H and O–H groups in total. The van der Waals surface area contributed by atoms with Crippen LogP contribution in [0.4, 0.5) is 4.39 Å². The molecular formula is C16H17FN2O2. The van der Waals surface area contributed by atoms with Gasteiger partial charge in [0.1, 0.15) is 11.6 Å². The van der Waals surface area contributed by atoms with Crippen LogP contribution in [0.15, 0.2) is 42.5 Å². The predicted molar refractivity (Wildman–Crippen MR) is 78.4 cm³/mol. The third-order valence-corrected chi connectivity index (χ3v) is 3.11. The van der Waals surface area contributed by atoms with Crippen molar-refractivity contribution in [3.8, 4) is 5.75 Å². The second-order valence-electron chi connectivity index (χ2n) is 4.70. The molecule has 0 unspecified atom stereocenters. The molecule has 0 heterocycles. The molecule has 2 aromatic carbocycles. The molecule has 0 atom stereocenters. The van der Waals surface area contributed by atoms with Crippen LogP contribution in [-0.4, -0.2) is 17.6 Å². The maximum Gasteiger partial charge on any atom is 0.255 e. The Balaban J connectivity index is 1.97. The first-order chi connectivity index (χ1) is 10.1. The van der Waals surface area contributed by atoms with Gasteiger partial charge in [-0.05, 0) is 36.2 Å². The number of halogens is 1. The van der Waals surface area contributed by atoms with E-state index in [-0.39, 0.29) is 11.3 Å². The lowest BCUT2D eigenvalue weighted by atomic mass is 10.1. The fourth-order valence-electron chi connectivity index (χ4n) is 1.96. The Hall–Kier alpha value is -2.40. The van der Waals surface area contributed by atoms with E-state index in [1.807, 2.05) is 24.3 Å². The van der Waals surface area contributed by atoms with Crippen LogP contribution in [0, 0.1) is 5.82 Å². The van der Waals surface area contributed by atoms with E-state index in [4.69, 9.17) is 5.73 Å². The smallest absolute Gasteiger partial charge is 0.255 e. The summed E-state index contributed by atoms with van der Waals surface area (Å²) in [5.74, 6) is -1.40. The van der Waals surface area contributed by atoms with Gasteiger partial charge in [0.2, 0.25) is 0 Å². The van der Waals surface area contributed by atoms with Gasteiger partial charge >= 0.3 is 0 Å². The normalized spacial score (nSPS) is 10.4. The molecule has 0 aliphatic carbocycles. The number of rotatable bonds is 5. The molecular weight excluding hydrogens is 271 g/mol. The molecule has 0 radical (unpaired) electrons. The van der Waals surface area contributed by atoms with Crippen LogP contribution < -0.4 is 11.1 Å². The van der Waals surface area contributed by atoms with Gasteiger partial charge in [0, 0.05) is 12.6 Å². The number of hydrogen-bond acceptors (Lipinski definition) is 3. The van der Waals surface area contributed by atoms with Crippen molar-refractivity contribution in [2.75, 3.05) is 6.54 Å². The molecule has 4 nitrogen and oxygen atoms in total. The van der Waals surface area contributed by atoms with Crippen LogP contribution in [0.2, 0.25) is 0 Å². The Labute approximate surface area is 122 Å². The van der Waals surface area contributed by atoms with Crippen molar-refractivity contribution < 1.29 is 14.3 Å². The maximum atomic E-state index is 12.9. The number of benzene rings is 2. The summed E-state index contributed by atoms with van der Waals surface area (Å²) in [5, 5.41) is 12.2. The third kappa shape index (κ3) is 4.03. The average Bonchev–Trinajstić information content (AvgIpc) is 2.46. The van der Waals surface area contributed by atoms with Crippen LogP contribution in [0.3, 0.4) is 0 Å². The summed E-state index contributed by atoms with van der Waals surface area (Å²) in [4.78, 5) is 11.9. The van der Waals surface area contributed by atoms with E-state index in [2.05, 4.69) is 5.32 Å². The van der Waals surface area contributed by atoms with Gasteiger partial charge in [-0.15, -0.1) is 0 Å². The van der Waals surface area contributed by atoms with Crippen molar-refractivity contribution >= 4 is 5.91 Å². The first kappa shape index (κ1) is 15.0. The van der Waals surface area contributed by atoms with E-state index >= 15 is 0 Å². The molecule has 2 rings (SSSR count). The minimum absolute atomic E-state index is 0.0520. The molecule has 21 heavy (non-hydrogen) atoms. The highest BCUT2D eigenvalue weighted by atomic mass is 19.1. The second-order valence-corrected chi connectivity index (χ2v) is 4.70. The lowest BCUT2D eigenvalue weighted by Gasteiger charge is -2.08. The molecule has 0 aliphatic rings. The lowest BCUT2D eigenvalue weighted by molar-refractivity contribution is 0.0948. The van der Waals surface area contributed by atoms with E-state index in [0.29, 0.717) is 13.1 Å². The molecule has 2 aromatic rings. The summed E-state index contributed by atoms with van der Waals surface area (Å²) in [7, 11) is 0. The first-order valence-electron chi connectivity index (χ1n) is 6.65.